The van der Waals surface area contributed by atoms with Crippen LogP contribution in [0.25, 0.3) is 33.9 Å². The van der Waals surface area contributed by atoms with Gasteiger partial charge in [0.05, 0.1) is 8.80 Å². The zero-order chi connectivity index (χ0) is 35.1. The molecule has 249 valence electrons. The molecule has 2 aliphatic carbocycles. The first kappa shape index (κ1) is 34.4. The van der Waals surface area contributed by atoms with Crippen LogP contribution in [0, 0.1) is 13.3 Å². The molecule has 0 nitrogen and oxygen atoms in total. The van der Waals surface area contributed by atoms with Gasteiger partial charge in [0.15, 0.2) is 0 Å². The van der Waals surface area contributed by atoms with Gasteiger partial charge in [0.1, 0.15) is 0 Å². The molecule has 6 rings (SSSR count). The molecule has 0 fully saturated rings. The summed E-state index contributed by atoms with van der Waals surface area (Å²) in [6.07, 6.45) is 4.97. The summed E-state index contributed by atoms with van der Waals surface area (Å²) in [6, 6.07) is 26.5. The van der Waals surface area contributed by atoms with E-state index in [1.807, 2.05) is 0 Å². The van der Waals surface area contributed by atoms with E-state index in [0.29, 0.717) is 0 Å². The number of allylic oxidation sites excluding steroid dienone is 3. The van der Waals surface area contributed by atoms with Crippen molar-refractivity contribution in [3.63, 3.8) is 0 Å². The molecule has 1 atom stereocenters. The fourth-order valence-electron chi connectivity index (χ4n) is 7.95. The Kier molecular flexibility index (Phi) is 8.52. The van der Waals surface area contributed by atoms with Crippen LogP contribution in [0.4, 0.5) is 0 Å². The van der Waals surface area contributed by atoms with Crippen molar-refractivity contribution in [3.8, 4) is 22.3 Å². The number of aryl methyl sites for hydroxylation is 1. The molecular formula is C47H57Si. The Balaban J connectivity index is 1.57. The Hall–Kier alpha value is -3.42. The van der Waals surface area contributed by atoms with E-state index >= 15 is 0 Å². The molecule has 0 amide bonds. The third kappa shape index (κ3) is 6.02. The Morgan fingerprint density at radius 2 is 1.17 bits per heavy atom. The van der Waals surface area contributed by atoms with Crippen LogP contribution in [-0.4, -0.2) is 8.80 Å². The summed E-state index contributed by atoms with van der Waals surface area (Å²) >= 11 is 0. The Labute approximate surface area is 294 Å². The molecule has 0 heterocycles. The molecule has 0 N–H and O–H groups in total. The molecule has 48 heavy (non-hydrogen) atoms. The first-order valence-electron chi connectivity index (χ1n) is 18.1. The highest BCUT2D eigenvalue weighted by molar-refractivity contribution is 6.72. The number of hydrogen-bond acceptors (Lipinski definition) is 0. The highest BCUT2D eigenvalue weighted by Crippen LogP contribution is 2.55. The summed E-state index contributed by atoms with van der Waals surface area (Å²) in [7, 11) is -1.13. The number of hydrogen-bond donors (Lipinski definition) is 0. The second-order valence-corrected chi connectivity index (χ2v) is 21.0. The minimum Gasteiger partial charge on any atom is -0.0682 e. The van der Waals surface area contributed by atoms with Crippen LogP contribution in [0.5, 0.6) is 0 Å². The largest absolute Gasteiger partial charge is 0.0682 e. The number of fused-ring (bicyclic) bond motifs is 2. The molecule has 2 aliphatic rings. The monoisotopic (exact) mass is 649 g/mol. The Morgan fingerprint density at radius 3 is 1.71 bits per heavy atom. The SMILES string of the molecule is CC1=Cc2c(-c3cc(C(C)(C)C)cc(C(C)(C)C)c3)ccc(C)c2C1C1=C(C)[CH]c2ccc([SiH](C)C)c(-c3ccc(C(C)(C)C)cc3)c21. The normalized spacial score (nSPS) is 16.5. The minimum absolute atomic E-state index is 0.0718. The topological polar surface area (TPSA) is 0 Å². The van der Waals surface area contributed by atoms with E-state index in [4.69, 9.17) is 0 Å². The molecule has 4 aromatic rings. The van der Waals surface area contributed by atoms with Gasteiger partial charge in [0, 0.05) is 12.3 Å². The lowest BCUT2D eigenvalue weighted by atomic mass is 9.77. The van der Waals surface area contributed by atoms with Crippen LogP contribution >= 0.6 is 0 Å². The lowest BCUT2D eigenvalue weighted by molar-refractivity contribution is 0.569. The average Bonchev–Trinajstić information content (AvgIpc) is 3.50. The molecule has 1 heteroatoms. The van der Waals surface area contributed by atoms with Crippen molar-refractivity contribution in [1.29, 1.82) is 0 Å². The van der Waals surface area contributed by atoms with Crippen LogP contribution in [0.3, 0.4) is 0 Å². The van der Waals surface area contributed by atoms with Crippen molar-refractivity contribution in [3.05, 3.63) is 129 Å². The highest BCUT2D eigenvalue weighted by Gasteiger charge is 2.37. The van der Waals surface area contributed by atoms with Crippen molar-refractivity contribution in [2.75, 3.05) is 0 Å². The predicted molar refractivity (Wildman–Crippen MR) is 215 cm³/mol. The molecule has 0 saturated heterocycles. The zero-order valence-corrected chi connectivity index (χ0v) is 33.3. The van der Waals surface area contributed by atoms with Gasteiger partial charge in [0.2, 0.25) is 0 Å². The summed E-state index contributed by atoms with van der Waals surface area (Å²) in [5, 5.41) is 1.57. The number of rotatable bonds is 4. The Morgan fingerprint density at radius 1 is 0.583 bits per heavy atom. The van der Waals surface area contributed by atoms with Crippen molar-refractivity contribution >= 4 is 25.6 Å². The molecule has 1 unspecified atom stereocenters. The van der Waals surface area contributed by atoms with Gasteiger partial charge >= 0.3 is 0 Å². The minimum atomic E-state index is -1.13. The molecule has 0 aromatic heterocycles. The summed E-state index contributed by atoms with van der Waals surface area (Å²) < 4.78 is 0. The van der Waals surface area contributed by atoms with E-state index in [2.05, 4.69) is 175 Å². The third-order valence-corrected chi connectivity index (χ3v) is 12.6. The van der Waals surface area contributed by atoms with Crippen molar-refractivity contribution in [1.82, 2.24) is 0 Å². The van der Waals surface area contributed by atoms with E-state index in [1.54, 1.807) is 5.19 Å². The van der Waals surface area contributed by atoms with E-state index < -0.39 is 8.80 Å². The fraction of sp³-hybridized carbons (Fsp3) is 0.383. The molecule has 1 radical (unpaired) electrons. The quantitative estimate of drug-likeness (QED) is 0.193. The number of benzene rings is 4. The van der Waals surface area contributed by atoms with Gasteiger partial charge in [-0.1, -0.05) is 165 Å². The maximum atomic E-state index is 2.51. The summed E-state index contributed by atoms with van der Waals surface area (Å²) in [4.78, 5) is 0. The van der Waals surface area contributed by atoms with Crippen LogP contribution in [-0.2, 0) is 16.2 Å². The summed E-state index contributed by atoms with van der Waals surface area (Å²) in [5.41, 5.74) is 21.5. The van der Waals surface area contributed by atoms with Gasteiger partial charge in [-0.05, 0) is 109 Å². The van der Waals surface area contributed by atoms with Crippen molar-refractivity contribution in [2.45, 2.75) is 118 Å². The van der Waals surface area contributed by atoms with Gasteiger partial charge in [-0.2, -0.15) is 0 Å². The molecule has 4 aromatic carbocycles. The molecule has 0 saturated carbocycles. The highest BCUT2D eigenvalue weighted by atomic mass is 28.3. The van der Waals surface area contributed by atoms with Crippen LogP contribution in [0.1, 0.15) is 127 Å². The van der Waals surface area contributed by atoms with E-state index in [-0.39, 0.29) is 22.2 Å². The average molecular weight is 650 g/mol. The maximum absolute atomic E-state index is 2.51. The van der Waals surface area contributed by atoms with Crippen molar-refractivity contribution in [2.24, 2.45) is 0 Å². The first-order valence-corrected chi connectivity index (χ1v) is 21.0. The smallest absolute Gasteiger partial charge is 0.0655 e. The standard InChI is InChI=1S/C47H57Si/c1-28-15-21-37(33-25-35(46(7,8)9)27-36(26-33)47(10,11)12)38-24-30(3)41(40(28)38)42-29(2)23-32-18-22-39(48(13)14)43(44(32)42)31-16-19-34(20-17-31)45(4,5)6/h15-27,41,48H,1-14H3. The fourth-order valence-corrected chi connectivity index (χ4v) is 9.32. The lowest BCUT2D eigenvalue weighted by Crippen LogP contribution is -2.26. The van der Waals surface area contributed by atoms with Gasteiger partial charge < -0.3 is 0 Å². The lowest BCUT2D eigenvalue weighted by Gasteiger charge is -2.27. The molecule has 0 aliphatic heterocycles. The van der Waals surface area contributed by atoms with Gasteiger partial charge in [-0.3, -0.25) is 0 Å². The van der Waals surface area contributed by atoms with Gasteiger partial charge in [-0.25, -0.2) is 0 Å². The van der Waals surface area contributed by atoms with Crippen LogP contribution in [0.2, 0.25) is 13.1 Å². The zero-order valence-electron chi connectivity index (χ0n) is 32.2. The second-order valence-electron chi connectivity index (χ2n) is 18.1. The van der Waals surface area contributed by atoms with Crippen LogP contribution in [0.15, 0.2) is 77.9 Å². The molecule has 0 spiro atoms. The van der Waals surface area contributed by atoms with Gasteiger partial charge in [0.25, 0.3) is 0 Å². The van der Waals surface area contributed by atoms with Crippen LogP contribution < -0.4 is 5.19 Å². The van der Waals surface area contributed by atoms with Gasteiger partial charge in [-0.15, -0.1) is 0 Å². The predicted octanol–water partition coefficient (Wildman–Crippen LogP) is 12.5. The molecular weight excluding hydrogens is 593 g/mol. The molecule has 0 bridgehead atoms. The second kappa shape index (κ2) is 11.9. The Bertz CT molecular complexity index is 1940. The van der Waals surface area contributed by atoms with E-state index in [0.717, 1.165) is 0 Å². The first-order chi connectivity index (χ1) is 22.3. The maximum Gasteiger partial charge on any atom is 0.0655 e. The van der Waals surface area contributed by atoms with E-state index in [1.165, 1.54) is 83.5 Å². The summed E-state index contributed by atoms with van der Waals surface area (Å²) in [5.74, 6) is 0.238. The third-order valence-electron chi connectivity index (χ3n) is 10.9. The summed E-state index contributed by atoms with van der Waals surface area (Å²) in [6.45, 7) is 32.9. The van der Waals surface area contributed by atoms with Crippen molar-refractivity contribution < 1.29 is 0 Å². The van der Waals surface area contributed by atoms with E-state index in [9.17, 15) is 0 Å².